The van der Waals surface area contributed by atoms with Crippen LogP contribution in [0.2, 0.25) is 0 Å². The smallest absolute Gasteiger partial charge is 0.233 e. The molecule has 0 spiro atoms. The van der Waals surface area contributed by atoms with Gasteiger partial charge in [-0.2, -0.15) is 0 Å². The van der Waals surface area contributed by atoms with E-state index in [9.17, 15) is 0 Å². The van der Waals surface area contributed by atoms with E-state index in [-0.39, 0.29) is 5.41 Å². The van der Waals surface area contributed by atoms with E-state index in [4.69, 9.17) is 0 Å². The van der Waals surface area contributed by atoms with E-state index in [0.717, 1.165) is 19.4 Å². The fourth-order valence-corrected chi connectivity index (χ4v) is 4.93. The molecule has 0 aliphatic carbocycles. The van der Waals surface area contributed by atoms with Gasteiger partial charge in [0, 0.05) is 5.41 Å². The van der Waals surface area contributed by atoms with Crippen molar-refractivity contribution in [1.82, 2.24) is 4.57 Å². The highest BCUT2D eigenvalue weighted by Crippen LogP contribution is 2.41. The Hall–Kier alpha value is -3.13. The SMILES string of the molecule is CCCCC(n1cc[n+](Cc2ccccc2)c1)C(C)(Cc1ccccc1)c1ccccc1. The zero-order valence-electron chi connectivity index (χ0n) is 19.4. The van der Waals surface area contributed by atoms with Crippen LogP contribution in [0.1, 0.15) is 55.8 Å². The minimum atomic E-state index is -0.0125. The molecule has 0 saturated heterocycles. The van der Waals surface area contributed by atoms with Gasteiger partial charge < -0.3 is 0 Å². The first-order chi connectivity index (χ1) is 15.7. The van der Waals surface area contributed by atoms with E-state index in [0.29, 0.717) is 6.04 Å². The number of rotatable bonds is 10. The summed E-state index contributed by atoms with van der Waals surface area (Å²) in [6, 6.07) is 33.1. The lowest BCUT2D eigenvalue weighted by Gasteiger charge is -2.36. The van der Waals surface area contributed by atoms with Crippen LogP contribution in [0, 0.1) is 0 Å². The van der Waals surface area contributed by atoms with E-state index >= 15 is 0 Å². The molecule has 0 amide bonds. The third kappa shape index (κ3) is 5.19. The van der Waals surface area contributed by atoms with Gasteiger partial charge >= 0.3 is 0 Å². The first-order valence-corrected chi connectivity index (χ1v) is 11.9. The fraction of sp³-hybridized carbons (Fsp3) is 0.300. The maximum atomic E-state index is 2.47. The van der Waals surface area contributed by atoms with Gasteiger partial charge in [0.05, 0.1) is 0 Å². The molecule has 0 N–H and O–H groups in total. The van der Waals surface area contributed by atoms with E-state index in [1.54, 1.807) is 0 Å². The lowest BCUT2D eigenvalue weighted by atomic mass is 9.70. The summed E-state index contributed by atoms with van der Waals surface area (Å²) in [7, 11) is 0. The van der Waals surface area contributed by atoms with Crippen LogP contribution in [0.15, 0.2) is 110 Å². The zero-order valence-corrected chi connectivity index (χ0v) is 19.4. The second-order valence-corrected chi connectivity index (χ2v) is 9.12. The van der Waals surface area contributed by atoms with Crippen molar-refractivity contribution >= 4 is 0 Å². The number of benzene rings is 3. The topological polar surface area (TPSA) is 8.81 Å². The quantitative estimate of drug-likeness (QED) is 0.249. The van der Waals surface area contributed by atoms with Crippen molar-refractivity contribution in [3.05, 3.63) is 126 Å². The molecule has 0 aliphatic rings. The van der Waals surface area contributed by atoms with Crippen LogP contribution in [-0.2, 0) is 18.4 Å². The summed E-state index contributed by atoms with van der Waals surface area (Å²) in [5.41, 5.74) is 4.12. The first kappa shape index (κ1) is 22.1. The van der Waals surface area contributed by atoms with Gasteiger partial charge in [-0.3, -0.25) is 0 Å². The Morgan fingerprint density at radius 1 is 0.812 bits per heavy atom. The summed E-state index contributed by atoms with van der Waals surface area (Å²) >= 11 is 0. The number of aromatic nitrogens is 2. The lowest BCUT2D eigenvalue weighted by molar-refractivity contribution is -0.688. The molecule has 2 atom stereocenters. The lowest BCUT2D eigenvalue weighted by Crippen LogP contribution is -2.38. The molecule has 0 radical (unpaired) electrons. The summed E-state index contributed by atoms with van der Waals surface area (Å²) in [5.74, 6) is 0. The number of unbranched alkanes of at least 4 members (excludes halogenated alkanes) is 1. The van der Waals surface area contributed by atoms with Gasteiger partial charge in [0.15, 0.2) is 0 Å². The van der Waals surface area contributed by atoms with Gasteiger partial charge in [-0.15, -0.1) is 0 Å². The third-order valence-corrected chi connectivity index (χ3v) is 6.69. The van der Waals surface area contributed by atoms with Crippen LogP contribution in [0.4, 0.5) is 0 Å². The van der Waals surface area contributed by atoms with E-state index in [1.807, 2.05) is 0 Å². The Kier molecular flexibility index (Phi) is 7.21. The molecule has 0 bridgehead atoms. The molecule has 2 heteroatoms. The van der Waals surface area contributed by atoms with Gasteiger partial charge in [0.2, 0.25) is 6.33 Å². The summed E-state index contributed by atoms with van der Waals surface area (Å²) in [6.45, 7) is 5.64. The molecule has 32 heavy (non-hydrogen) atoms. The number of nitrogens with zero attached hydrogens (tertiary/aromatic N) is 2. The second-order valence-electron chi connectivity index (χ2n) is 9.12. The molecule has 0 fully saturated rings. The highest BCUT2D eigenvalue weighted by molar-refractivity contribution is 5.31. The zero-order chi connectivity index (χ0) is 22.2. The molecule has 2 nitrogen and oxygen atoms in total. The van der Waals surface area contributed by atoms with Crippen molar-refractivity contribution < 1.29 is 4.57 Å². The van der Waals surface area contributed by atoms with Gasteiger partial charge in [-0.1, -0.05) is 111 Å². The predicted octanol–water partition coefficient (Wildman–Crippen LogP) is 6.76. The fourth-order valence-electron chi connectivity index (χ4n) is 4.93. The maximum Gasteiger partial charge on any atom is 0.244 e. The summed E-state index contributed by atoms with van der Waals surface area (Å²) in [4.78, 5) is 0. The minimum absolute atomic E-state index is 0.0125. The summed E-state index contributed by atoms with van der Waals surface area (Å²) in [5, 5.41) is 0. The molecule has 4 aromatic rings. The van der Waals surface area contributed by atoms with Gasteiger partial charge in [0.1, 0.15) is 25.0 Å². The third-order valence-electron chi connectivity index (χ3n) is 6.69. The summed E-state index contributed by atoms with van der Waals surface area (Å²) in [6.07, 6.45) is 11.4. The molecule has 4 rings (SSSR count). The molecular weight excluding hydrogens is 388 g/mol. The van der Waals surface area contributed by atoms with Crippen molar-refractivity contribution in [2.75, 3.05) is 0 Å². The number of imidazole rings is 1. The average molecular weight is 424 g/mol. The van der Waals surface area contributed by atoms with Crippen molar-refractivity contribution in [1.29, 1.82) is 0 Å². The average Bonchev–Trinajstić information content (AvgIpc) is 3.29. The van der Waals surface area contributed by atoms with Gasteiger partial charge in [-0.05, 0) is 36.0 Å². The standard InChI is InChI=1S/C30H35N2/c1-3-4-20-29(32-22-21-31(25-32)24-27-16-10-6-11-17-27)30(2,28-18-12-7-13-19-28)23-26-14-8-5-9-15-26/h5-19,21-22,25,29H,3-4,20,23-24H2,1-2H3/q+1. The van der Waals surface area contributed by atoms with Crippen LogP contribution >= 0.6 is 0 Å². The second kappa shape index (κ2) is 10.5. The minimum Gasteiger partial charge on any atom is -0.233 e. The molecule has 1 aromatic heterocycles. The Morgan fingerprint density at radius 3 is 2.03 bits per heavy atom. The molecule has 0 aliphatic heterocycles. The van der Waals surface area contributed by atoms with Crippen LogP contribution < -0.4 is 4.57 Å². The molecule has 0 saturated carbocycles. The molecular formula is C30H35N2+. The van der Waals surface area contributed by atoms with E-state index < -0.39 is 0 Å². The summed E-state index contributed by atoms with van der Waals surface area (Å²) < 4.78 is 4.77. The molecule has 2 unspecified atom stereocenters. The van der Waals surface area contributed by atoms with Crippen LogP contribution in [-0.4, -0.2) is 4.57 Å². The van der Waals surface area contributed by atoms with Crippen molar-refractivity contribution in [2.45, 2.75) is 57.5 Å². The Morgan fingerprint density at radius 2 is 1.41 bits per heavy atom. The van der Waals surface area contributed by atoms with Crippen molar-refractivity contribution in [3.8, 4) is 0 Å². The number of hydrogen-bond acceptors (Lipinski definition) is 0. The molecule has 3 aromatic carbocycles. The molecule has 1 heterocycles. The van der Waals surface area contributed by atoms with E-state index in [1.165, 1.54) is 29.5 Å². The van der Waals surface area contributed by atoms with Gasteiger partial charge in [-0.25, -0.2) is 9.13 Å². The highest BCUT2D eigenvalue weighted by atomic mass is 15.1. The molecule has 164 valence electrons. The Balaban J connectivity index is 1.71. The Labute approximate surface area is 193 Å². The van der Waals surface area contributed by atoms with Crippen LogP contribution in [0.5, 0.6) is 0 Å². The first-order valence-electron chi connectivity index (χ1n) is 11.9. The van der Waals surface area contributed by atoms with Gasteiger partial charge in [0.25, 0.3) is 0 Å². The predicted molar refractivity (Wildman–Crippen MR) is 133 cm³/mol. The van der Waals surface area contributed by atoms with Crippen molar-refractivity contribution in [3.63, 3.8) is 0 Å². The highest BCUT2D eigenvalue weighted by Gasteiger charge is 2.40. The van der Waals surface area contributed by atoms with Crippen LogP contribution in [0.25, 0.3) is 0 Å². The van der Waals surface area contributed by atoms with E-state index in [2.05, 4.69) is 133 Å². The van der Waals surface area contributed by atoms with Crippen molar-refractivity contribution in [2.24, 2.45) is 0 Å². The monoisotopic (exact) mass is 423 g/mol. The number of hydrogen-bond donors (Lipinski definition) is 0. The Bertz CT molecular complexity index is 1070. The largest absolute Gasteiger partial charge is 0.244 e. The van der Waals surface area contributed by atoms with Crippen LogP contribution in [0.3, 0.4) is 0 Å². The maximum absolute atomic E-state index is 2.47. The normalized spacial score (nSPS) is 14.1.